The summed E-state index contributed by atoms with van der Waals surface area (Å²) in [6.07, 6.45) is 1.30. The van der Waals surface area contributed by atoms with Gasteiger partial charge < -0.3 is 15.5 Å². The number of carbonyl (C=O) groups is 2. The Hall–Kier alpha value is -1.10. The van der Waals surface area contributed by atoms with Crippen LogP contribution in [0.4, 0.5) is 0 Å². The molecule has 4 unspecified atom stereocenters. The number of nitrogens with one attached hydrogen (secondary N) is 1. The zero-order valence-corrected chi connectivity index (χ0v) is 9.06. The molecule has 0 aliphatic heterocycles. The number of likely N-dealkylation sites (N-methyl/N-ethyl adjacent to an activating group) is 1. The van der Waals surface area contributed by atoms with Gasteiger partial charge in [0.1, 0.15) is 5.54 Å². The van der Waals surface area contributed by atoms with Crippen LogP contribution < -0.4 is 5.32 Å². The van der Waals surface area contributed by atoms with Crippen molar-refractivity contribution in [2.24, 2.45) is 23.2 Å². The van der Waals surface area contributed by atoms with E-state index in [2.05, 4.69) is 5.32 Å². The van der Waals surface area contributed by atoms with E-state index in [0.29, 0.717) is 13.0 Å². The van der Waals surface area contributed by atoms with Crippen LogP contribution in [0.25, 0.3) is 0 Å². The summed E-state index contributed by atoms with van der Waals surface area (Å²) in [7, 11) is 0. The van der Waals surface area contributed by atoms with Crippen molar-refractivity contribution in [1.82, 2.24) is 5.32 Å². The fraction of sp³-hybridized carbons (Fsp3) is 0.818. The highest BCUT2D eigenvalue weighted by Crippen LogP contribution is 2.82. The first kappa shape index (κ1) is 10.1. The molecule has 4 rings (SSSR count). The predicted molar refractivity (Wildman–Crippen MR) is 53.8 cm³/mol. The molecule has 0 radical (unpaired) electrons. The minimum atomic E-state index is -0.961. The Labute approximate surface area is 92.8 Å². The van der Waals surface area contributed by atoms with E-state index in [1.165, 1.54) is 0 Å². The van der Waals surface area contributed by atoms with Crippen LogP contribution in [0.3, 0.4) is 0 Å². The maximum atomic E-state index is 11.5. The molecule has 4 aliphatic rings. The van der Waals surface area contributed by atoms with E-state index < -0.39 is 22.9 Å². The van der Waals surface area contributed by atoms with Gasteiger partial charge >= 0.3 is 11.9 Å². The van der Waals surface area contributed by atoms with Gasteiger partial charge in [-0.3, -0.25) is 9.59 Å². The van der Waals surface area contributed by atoms with Crippen molar-refractivity contribution < 1.29 is 19.8 Å². The lowest BCUT2D eigenvalue weighted by molar-refractivity contribution is -0.147. The summed E-state index contributed by atoms with van der Waals surface area (Å²) in [6.45, 7) is 2.44. The quantitative estimate of drug-likeness (QED) is 0.634. The minimum absolute atomic E-state index is 0.00366. The summed E-state index contributed by atoms with van der Waals surface area (Å²) in [5.41, 5.74) is -1.68. The highest BCUT2D eigenvalue weighted by molar-refractivity contribution is 5.91. The van der Waals surface area contributed by atoms with E-state index in [1.54, 1.807) is 0 Å². The van der Waals surface area contributed by atoms with Crippen molar-refractivity contribution in [3.63, 3.8) is 0 Å². The standard InChI is InChI=1S/C11H15NO4/c1-2-12-11(9(15)16)5-3-6-7(11)10(6,4-5)8(13)14/h5-7,12H,2-4H2,1H3,(H,13,14)(H,15,16)/t5?,6?,7?,10?,11-/m0/s1. The minimum Gasteiger partial charge on any atom is -0.481 e. The van der Waals surface area contributed by atoms with E-state index in [9.17, 15) is 19.8 Å². The monoisotopic (exact) mass is 225 g/mol. The molecule has 0 spiro atoms. The maximum absolute atomic E-state index is 11.5. The Morgan fingerprint density at radius 3 is 2.44 bits per heavy atom. The Balaban J connectivity index is 2.02. The van der Waals surface area contributed by atoms with Crippen LogP contribution in [0, 0.1) is 23.2 Å². The van der Waals surface area contributed by atoms with Gasteiger partial charge in [-0.15, -0.1) is 0 Å². The van der Waals surface area contributed by atoms with Gasteiger partial charge in [-0.2, -0.15) is 0 Å². The van der Waals surface area contributed by atoms with E-state index in [-0.39, 0.29) is 17.8 Å². The molecule has 0 aromatic heterocycles. The van der Waals surface area contributed by atoms with E-state index >= 15 is 0 Å². The molecule has 4 bridgehead atoms. The van der Waals surface area contributed by atoms with Crippen molar-refractivity contribution in [2.45, 2.75) is 25.3 Å². The number of aliphatic carboxylic acids is 2. The van der Waals surface area contributed by atoms with Gasteiger partial charge in [0.25, 0.3) is 0 Å². The van der Waals surface area contributed by atoms with Crippen LogP contribution in [0.15, 0.2) is 0 Å². The first-order chi connectivity index (χ1) is 7.51. The van der Waals surface area contributed by atoms with Gasteiger partial charge in [-0.05, 0) is 31.2 Å². The van der Waals surface area contributed by atoms with Crippen LogP contribution in [-0.4, -0.2) is 34.2 Å². The lowest BCUT2D eigenvalue weighted by Gasteiger charge is -2.29. The molecule has 4 aliphatic carbocycles. The van der Waals surface area contributed by atoms with Crippen molar-refractivity contribution in [3.05, 3.63) is 0 Å². The van der Waals surface area contributed by atoms with Gasteiger partial charge in [-0.25, -0.2) is 0 Å². The molecule has 3 N–H and O–H groups in total. The summed E-state index contributed by atoms with van der Waals surface area (Å²) in [6, 6.07) is 0. The van der Waals surface area contributed by atoms with Crippen molar-refractivity contribution in [1.29, 1.82) is 0 Å². The second kappa shape index (κ2) is 2.59. The van der Waals surface area contributed by atoms with Crippen molar-refractivity contribution in [3.8, 4) is 0 Å². The van der Waals surface area contributed by atoms with Gasteiger partial charge in [0, 0.05) is 5.92 Å². The molecule has 0 aromatic rings. The largest absolute Gasteiger partial charge is 0.481 e. The normalized spacial score (nSPS) is 51.7. The summed E-state index contributed by atoms with van der Waals surface area (Å²) >= 11 is 0. The number of hydrogen-bond donors (Lipinski definition) is 3. The van der Waals surface area contributed by atoms with E-state index in [1.807, 2.05) is 6.92 Å². The van der Waals surface area contributed by atoms with Crippen LogP contribution in [0.2, 0.25) is 0 Å². The fourth-order valence-electron chi connectivity index (χ4n) is 4.57. The lowest BCUT2D eigenvalue weighted by Crippen LogP contribution is -2.55. The van der Waals surface area contributed by atoms with Crippen LogP contribution in [-0.2, 0) is 9.59 Å². The molecule has 0 amide bonds. The average Bonchev–Trinajstić information content (AvgIpc) is 2.58. The summed E-state index contributed by atoms with van der Waals surface area (Å²) in [4.78, 5) is 22.8. The highest BCUT2D eigenvalue weighted by Gasteiger charge is 2.89. The topological polar surface area (TPSA) is 86.6 Å². The van der Waals surface area contributed by atoms with Gasteiger partial charge in [0.2, 0.25) is 0 Å². The Morgan fingerprint density at radius 1 is 1.38 bits per heavy atom. The number of hydrogen-bond acceptors (Lipinski definition) is 3. The molecular formula is C11H15NO4. The molecule has 5 nitrogen and oxygen atoms in total. The Morgan fingerprint density at radius 2 is 2.06 bits per heavy atom. The smallest absolute Gasteiger partial charge is 0.324 e. The molecule has 5 heteroatoms. The van der Waals surface area contributed by atoms with E-state index in [0.717, 1.165) is 6.42 Å². The molecule has 4 saturated carbocycles. The van der Waals surface area contributed by atoms with Gasteiger partial charge in [0.15, 0.2) is 0 Å². The zero-order valence-electron chi connectivity index (χ0n) is 9.06. The molecule has 88 valence electrons. The Bertz CT molecular complexity index is 395. The summed E-state index contributed by atoms with van der Waals surface area (Å²) in [5.74, 6) is -1.78. The second-order valence-electron chi connectivity index (χ2n) is 5.27. The number of rotatable bonds is 4. The Kier molecular flexibility index (Phi) is 1.63. The summed E-state index contributed by atoms with van der Waals surface area (Å²) < 4.78 is 0. The van der Waals surface area contributed by atoms with Crippen LogP contribution >= 0.6 is 0 Å². The third-order valence-electron chi connectivity index (χ3n) is 4.99. The van der Waals surface area contributed by atoms with Crippen molar-refractivity contribution in [2.75, 3.05) is 6.54 Å². The fourth-order valence-corrected chi connectivity index (χ4v) is 4.57. The molecule has 4 fully saturated rings. The number of carboxylic acids is 2. The predicted octanol–water partition coefficient (Wildman–Crippen LogP) is 0.160. The van der Waals surface area contributed by atoms with Crippen molar-refractivity contribution >= 4 is 11.9 Å². The third-order valence-corrected chi connectivity index (χ3v) is 4.99. The molecule has 16 heavy (non-hydrogen) atoms. The SMILES string of the molecule is CCN[C@@]1(C(=O)O)C2CC3C1C3(C(=O)O)C2. The molecule has 0 saturated heterocycles. The molecule has 5 atom stereocenters. The van der Waals surface area contributed by atoms with Crippen LogP contribution in [0.5, 0.6) is 0 Å². The van der Waals surface area contributed by atoms with Gasteiger partial charge in [-0.1, -0.05) is 6.92 Å². The first-order valence-electron chi connectivity index (χ1n) is 5.73. The maximum Gasteiger partial charge on any atom is 0.324 e. The lowest BCUT2D eigenvalue weighted by atomic mass is 9.88. The number of carboxylic acid groups (broad SMARTS) is 2. The average molecular weight is 225 g/mol. The molecular weight excluding hydrogens is 210 g/mol. The molecule has 0 heterocycles. The van der Waals surface area contributed by atoms with Crippen LogP contribution in [0.1, 0.15) is 19.8 Å². The summed E-state index contributed by atoms with van der Waals surface area (Å²) in [5, 5.41) is 21.8. The second-order valence-corrected chi connectivity index (χ2v) is 5.27. The van der Waals surface area contributed by atoms with E-state index in [4.69, 9.17) is 0 Å². The zero-order chi connectivity index (χ0) is 11.7. The highest BCUT2D eigenvalue weighted by atomic mass is 16.4. The third kappa shape index (κ3) is 0.734. The van der Waals surface area contributed by atoms with Gasteiger partial charge in [0.05, 0.1) is 5.41 Å². The molecule has 0 aromatic carbocycles. The first-order valence-corrected chi connectivity index (χ1v) is 5.73.